The van der Waals surface area contributed by atoms with E-state index >= 15 is 0 Å². The molecule has 0 aliphatic carbocycles. The van der Waals surface area contributed by atoms with Crippen LogP contribution >= 0.6 is 0 Å². The Labute approximate surface area is 106 Å². The van der Waals surface area contributed by atoms with Gasteiger partial charge in [0, 0.05) is 31.9 Å². The Hall–Kier alpha value is -1.34. The first-order valence-corrected chi connectivity index (χ1v) is 7.29. The van der Waals surface area contributed by atoms with Crippen molar-refractivity contribution in [1.29, 1.82) is 0 Å². The molecule has 2 heterocycles. The lowest BCUT2D eigenvalue weighted by atomic mass is 10.0. The van der Waals surface area contributed by atoms with E-state index in [9.17, 15) is 13.2 Å². The Balaban J connectivity index is 1.99. The SMILES string of the molecule is O=C(O)CCC1CCN(S(=O)(=O)c2cc[nH]c2)C1. The number of sulfonamides is 1. The molecule has 2 rings (SSSR count). The molecule has 100 valence electrons. The van der Waals surface area contributed by atoms with Crippen LogP contribution in [-0.2, 0) is 14.8 Å². The molecule has 1 unspecified atom stereocenters. The largest absolute Gasteiger partial charge is 0.481 e. The Morgan fingerprint density at radius 2 is 2.33 bits per heavy atom. The van der Waals surface area contributed by atoms with Gasteiger partial charge in [0.15, 0.2) is 0 Å². The minimum Gasteiger partial charge on any atom is -0.481 e. The molecule has 0 bridgehead atoms. The molecule has 0 spiro atoms. The molecule has 0 saturated carbocycles. The lowest BCUT2D eigenvalue weighted by Gasteiger charge is -2.15. The Morgan fingerprint density at radius 1 is 1.56 bits per heavy atom. The minimum atomic E-state index is -3.41. The smallest absolute Gasteiger partial charge is 0.303 e. The summed E-state index contributed by atoms with van der Waals surface area (Å²) in [6.45, 7) is 0.887. The molecule has 6 nitrogen and oxygen atoms in total. The maximum absolute atomic E-state index is 12.2. The van der Waals surface area contributed by atoms with Crippen LogP contribution < -0.4 is 0 Å². The zero-order valence-electron chi connectivity index (χ0n) is 9.87. The number of H-pyrrole nitrogens is 1. The molecular weight excluding hydrogens is 256 g/mol. The summed E-state index contributed by atoms with van der Waals surface area (Å²) in [4.78, 5) is 13.5. The van der Waals surface area contributed by atoms with Gasteiger partial charge in [-0.15, -0.1) is 0 Å². The first kappa shape index (κ1) is 13.1. The first-order chi connectivity index (χ1) is 8.50. The van der Waals surface area contributed by atoms with E-state index in [1.807, 2.05) is 0 Å². The quantitative estimate of drug-likeness (QED) is 0.833. The number of carboxylic acid groups (broad SMARTS) is 1. The van der Waals surface area contributed by atoms with Gasteiger partial charge in [-0.25, -0.2) is 8.42 Å². The maximum Gasteiger partial charge on any atom is 0.303 e. The highest BCUT2D eigenvalue weighted by molar-refractivity contribution is 7.89. The van der Waals surface area contributed by atoms with Crippen molar-refractivity contribution < 1.29 is 18.3 Å². The summed E-state index contributed by atoms with van der Waals surface area (Å²) in [6, 6.07) is 1.53. The van der Waals surface area contributed by atoms with Gasteiger partial charge in [0.25, 0.3) is 0 Å². The highest BCUT2D eigenvalue weighted by Gasteiger charge is 2.32. The van der Waals surface area contributed by atoms with Crippen molar-refractivity contribution in [3.8, 4) is 0 Å². The van der Waals surface area contributed by atoms with Gasteiger partial charge in [-0.05, 0) is 24.8 Å². The monoisotopic (exact) mass is 272 g/mol. The molecule has 1 aliphatic rings. The van der Waals surface area contributed by atoms with Crippen LogP contribution in [0.25, 0.3) is 0 Å². The number of carbonyl (C=O) groups is 1. The molecule has 1 saturated heterocycles. The van der Waals surface area contributed by atoms with Crippen LogP contribution in [0, 0.1) is 5.92 Å². The molecule has 1 aromatic heterocycles. The predicted molar refractivity (Wildman–Crippen MR) is 64.5 cm³/mol. The van der Waals surface area contributed by atoms with E-state index in [1.54, 1.807) is 6.20 Å². The Bertz CT molecular complexity index is 509. The van der Waals surface area contributed by atoms with Crippen LogP contribution in [0.15, 0.2) is 23.4 Å². The van der Waals surface area contributed by atoms with Crippen molar-refractivity contribution in [3.63, 3.8) is 0 Å². The fourth-order valence-corrected chi connectivity index (χ4v) is 3.70. The number of rotatable bonds is 5. The molecule has 0 amide bonds. The number of aromatic nitrogens is 1. The lowest BCUT2D eigenvalue weighted by Crippen LogP contribution is -2.28. The lowest BCUT2D eigenvalue weighted by molar-refractivity contribution is -0.137. The van der Waals surface area contributed by atoms with Gasteiger partial charge >= 0.3 is 5.97 Å². The normalized spacial score (nSPS) is 21.2. The number of carboxylic acids is 1. The third-order valence-electron chi connectivity index (χ3n) is 3.22. The predicted octanol–water partition coefficient (Wildman–Crippen LogP) is 0.890. The van der Waals surface area contributed by atoms with Crippen molar-refractivity contribution in [2.45, 2.75) is 24.2 Å². The van der Waals surface area contributed by atoms with Crippen molar-refractivity contribution >= 4 is 16.0 Å². The third-order valence-corrected chi connectivity index (χ3v) is 5.08. The van der Waals surface area contributed by atoms with E-state index in [2.05, 4.69) is 4.98 Å². The molecule has 1 aromatic rings. The van der Waals surface area contributed by atoms with E-state index in [0.717, 1.165) is 6.42 Å². The van der Waals surface area contributed by atoms with Gasteiger partial charge in [-0.1, -0.05) is 0 Å². The van der Waals surface area contributed by atoms with Crippen molar-refractivity contribution in [1.82, 2.24) is 9.29 Å². The summed E-state index contributed by atoms with van der Waals surface area (Å²) < 4.78 is 25.8. The number of hydrogen-bond acceptors (Lipinski definition) is 3. The van der Waals surface area contributed by atoms with Gasteiger partial charge in [0.1, 0.15) is 0 Å². The first-order valence-electron chi connectivity index (χ1n) is 5.85. The zero-order valence-corrected chi connectivity index (χ0v) is 10.7. The van der Waals surface area contributed by atoms with E-state index < -0.39 is 16.0 Å². The third kappa shape index (κ3) is 2.73. The molecule has 1 aliphatic heterocycles. The number of aliphatic carboxylic acids is 1. The molecule has 18 heavy (non-hydrogen) atoms. The highest BCUT2D eigenvalue weighted by Crippen LogP contribution is 2.26. The van der Waals surface area contributed by atoms with Crippen LogP contribution in [0.3, 0.4) is 0 Å². The molecule has 1 fully saturated rings. The fourth-order valence-electron chi connectivity index (χ4n) is 2.20. The van der Waals surface area contributed by atoms with E-state index in [4.69, 9.17) is 5.11 Å². The summed E-state index contributed by atoms with van der Waals surface area (Å²) in [5, 5.41) is 8.61. The summed E-state index contributed by atoms with van der Waals surface area (Å²) in [5.74, 6) is -0.684. The average molecular weight is 272 g/mol. The molecule has 2 N–H and O–H groups in total. The topological polar surface area (TPSA) is 90.5 Å². The standard InChI is InChI=1S/C11H16N2O4S/c14-11(15)2-1-9-4-6-13(8-9)18(16,17)10-3-5-12-7-10/h3,5,7,9,12H,1-2,4,6,8H2,(H,14,15). The second-order valence-corrected chi connectivity index (χ2v) is 6.43. The Kier molecular flexibility index (Phi) is 3.72. The van der Waals surface area contributed by atoms with Crippen LogP contribution in [0.1, 0.15) is 19.3 Å². The number of hydrogen-bond donors (Lipinski definition) is 2. The Morgan fingerprint density at radius 3 is 2.94 bits per heavy atom. The van der Waals surface area contributed by atoms with Gasteiger partial charge in [-0.3, -0.25) is 4.79 Å². The number of nitrogens with zero attached hydrogens (tertiary/aromatic N) is 1. The van der Waals surface area contributed by atoms with Crippen LogP contribution in [0.4, 0.5) is 0 Å². The summed E-state index contributed by atoms with van der Waals surface area (Å²) in [6.07, 6.45) is 4.40. The molecule has 0 aromatic carbocycles. The van der Waals surface area contributed by atoms with Crippen LogP contribution in [0.2, 0.25) is 0 Å². The summed E-state index contributed by atoms with van der Waals surface area (Å²) in [7, 11) is -3.41. The minimum absolute atomic E-state index is 0.0999. The average Bonchev–Trinajstić information content (AvgIpc) is 2.98. The van der Waals surface area contributed by atoms with Gasteiger partial charge in [0.2, 0.25) is 10.0 Å². The van der Waals surface area contributed by atoms with Crippen molar-refractivity contribution in [2.75, 3.05) is 13.1 Å². The second-order valence-electron chi connectivity index (χ2n) is 4.50. The van der Waals surface area contributed by atoms with Gasteiger partial charge in [-0.2, -0.15) is 4.31 Å². The fraction of sp³-hybridized carbons (Fsp3) is 0.545. The van der Waals surface area contributed by atoms with Gasteiger partial charge < -0.3 is 10.1 Å². The highest BCUT2D eigenvalue weighted by atomic mass is 32.2. The van der Waals surface area contributed by atoms with Crippen molar-refractivity contribution in [3.05, 3.63) is 18.5 Å². The van der Waals surface area contributed by atoms with Crippen molar-refractivity contribution in [2.24, 2.45) is 5.92 Å². The van der Waals surface area contributed by atoms with E-state index in [0.29, 0.717) is 19.5 Å². The summed E-state index contributed by atoms with van der Waals surface area (Å²) in [5.41, 5.74) is 0. The second kappa shape index (κ2) is 5.11. The zero-order chi connectivity index (χ0) is 13.2. The van der Waals surface area contributed by atoms with Crippen LogP contribution in [-0.4, -0.2) is 41.9 Å². The number of aromatic amines is 1. The van der Waals surface area contributed by atoms with E-state index in [-0.39, 0.29) is 17.2 Å². The molecule has 1 atom stereocenters. The number of nitrogens with one attached hydrogen (secondary N) is 1. The van der Waals surface area contributed by atoms with E-state index in [1.165, 1.54) is 16.6 Å². The molecule has 7 heteroatoms. The van der Waals surface area contributed by atoms with Gasteiger partial charge in [0.05, 0.1) is 4.90 Å². The molecule has 0 radical (unpaired) electrons. The maximum atomic E-state index is 12.2. The summed E-state index contributed by atoms with van der Waals surface area (Å²) >= 11 is 0. The molecular formula is C11H16N2O4S. The van der Waals surface area contributed by atoms with Crippen LogP contribution in [0.5, 0.6) is 0 Å².